The zero-order valence-corrected chi connectivity index (χ0v) is 14.7. The average Bonchev–Trinajstić information content (AvgIpc) is 2.65. The number of rotatable bonds is 7. The lowest BCUT2D eigenvalue weighted by Crippen LogP contribution is -2.01. The van der Waals surface area contributed by atoms with E-state index in [0.29, 0.717) is 30.4 Å². The number of carbonyl (C=O) groups excluding carboxylic acids is 1. The summed E-state index contributed by atoms with van der Waals surface area (Å²) in [6.07, 6.45) is 0.854. The normalized spacial score (nSPS) is 10.7. The third kappa shape index (κ3) is 3.93. The van der Waals surface area contributed by atoms with E-state index in [4.69, 9.17) is 14.4 Å². The van der Waals surface area contributed by atoms with E-state index >= 15 is 0 Å². The molecule has 1 heterocycles. The highest BCUT2D eigenvalue weighted by molar-refractivity contribution is 6.15. The molecular formula is C20H19BNO4. The number of nitrogens with zero attached hydrogens (tertiary/aromatic N) is 1. The van der Waals surface area contributed by atoms with Crippen LogP contribution in [0.1, 0.15) is 35.3 Å². The average molecular weight is 348 g/mol. The van der Waals surface area contributed by atoms with Gasteiger partial charge in [-0.15, -0.1) is 0 Å². The molecule has 26 heavy (non-hydrogen) atoms. The Kier molecular flexibility index (Phi) is 5.66. The van der Waals surface area contributed by atoms with Crippen LogP contribution in [0.25, 0.3) is 10.9 Å². The van der Waals surface area contributed by atoms with Crippen LogP contribution in [-0.4, -0.2) is 23.5 Å². The molecule has 0 spiro atoms. The first-order chi connectivity index (χ1) is 12.6. The van der Waals surface area contributed by atoms with E-state index in [-0.39, 0.29) is 12.4 Å². The second kappa shape index (κ2) is 8.12. The molecule has 6 heteroatoms. The predicted octanol–water partition coefficient (Wildman–Crippen LogP) is 3.84. The van der Waals surface area contributed by atoms with E-state index in [1.807, 2.05) is 36.4 Å². The molecule has 0 bridgehead atoms. The highest BCUT2D eigenvalue weighted by atomic mass is 16.5. The molecule has 1 radical (unpaired) electrons. The Labute approximate surface area is 152 Å². The molecule has 0 aliphatic heterocycles. The van der Waals surface area contributed by atoms with Gasteiger partial charge in [0.1, 0.15) is 5.75 Å². The summed E-state index contributed by atoms with van der Waals surface area (Å²) in [5.74, 6) is 1.09. The first kappa shape index (κ1) is 18.1. The number of ketones is 1. The van der Waals surface area contributed by atoms with E-state index in [1.165, 1.54) is 0 Å². The smallest absolute Gasteiger partial charge is 0.439 e. The van der Waals surface area contributed by atoms with Crippen molar-refractivity contribution in [2.24, 2.45) is 0 Å². The molecule has 0 saturated heterocycles. The number of ether oxygens (including phenoxy) is 1. The van der Waals surface area contributed by atoms with Crippen LogP contribution in [-0.2, 0) is 17.7 Å². The molecule has 0 aliphatic carbocycles. The number of pyridine rings is 1. The second-order valence-electron chi connectivity index (χ2n) is 5.88. The van der Waals surface area contributed by atoms with Gasteiger partial charge in [-0.1, -0.05) is 25.1 Å². The van der Waals surface area contributed by atoms with Gasteiger partial charge in [-0.3, -0.25) is 4.79 Å². The molecule has 0 aliphatic rings. The molecule has 5 nitrogen and oxygen atoms in total. The van der Waals surface area contributed by atoms with Gasteiger partial charge in [-0.2, -0.15) is 0 Å². The molecule has 2 aromatic carbocycles. The Bertz CT molecular complexity index is 942. The molecule has 131 valence electrons. The molecule has 1 N–H and O–H groups in total. The molecule has 0 amide bonds. The summed E-state index contributed by atoms with van der Waals surface area (Å²) < 4.78 is 10.9. The fourth-order valence-electron chi connectivity index (χ4n) is 2.89. The minimum Gasteiger partial charge on any atom is -0.439 e. The van der Waals surface area contributed by atoms with Crippen LogP contribution in [0.4, 0.5) is 0 Å². The third-order valence-electron chi connectivity index (χ3n) is 4.18. The van der Waals surface area contributed by atoms with Gasteiger partial charge in [0.2, 0.25) is 5.88 Å². The molecule has 0 atom stereocenters. The molecule has 0 saturated carbocycles. The van der Waals surface area contributed by atoms with Crippen molar-refractivity contribution >= 4 is 24.4 Å². The Hall–Kier alpha value is -2.70. The molecular weight excluding hydrogens is 329 g/mol. The summed E-state index contributed by atoms with van der Waals surface area (Å²) in [4.78, 5) is 16.2. The van der Waals surface area contributed by atoms with Crippen LogP contribution in [0, 0.1) is 0 Å². The minimum absolute atomic E-state index is 0.00607. The molecule has 1 aromatic heterocycles. The largest absolute Gasteiger partial charge is 0.485 e. The minimum atomic E-state index is 0.00607. The lowest BCUT2D eigenvalue weighted by Gasteiger charge is -2.12. The summed E-state index contributed by atoms with van der Waals surface area (Å²) in [6.45, 7) is 3.87. The van der Waals surface area contributed by atoms with Crippen molar-refractivity contribution in [2.75, 3.05) is 0 Å². The number of hydrogen-bond donors (Lipinski definition) is 1. The van der Waals surface area contributed by atoms with E-state index < -0.39 is 0 Å². The van der Waals surface area contributed by atoms with Gasteiger partial charge in [0.25, 0.3) is 0 Å². The van der Waals surface area contributed by atoms with Crippen molar-refractivity contribution in [3.63, 3.8) is 0 Å². The van der Waals surface area contributed by atoms with Crippen molar-refractivity contribution in [2.45, 2.75) is 26.9 Å². The van der Waals surface area contributed by atoms with Crippen LogP contribution in [0.5, 0.6) is 11.6 Å². The maximum absolute atomic E-state index is 11.7. The SMILES string of the molecule is CCc1ccc(Oc2ccc3c(C(C)=O)cccc3n2)cc1CO[B]O. The van der Waals surface area contributed by atoms with Crippen LogP contribution in [0.15, 0.2) is 48.5 Å². The fraction of sp³-hybridized carbons (Fsp3) is 0.200. The highest BCUT2D eigenvalue weighted by Gasteiger charge is 2.09. The summed E-state index contributed by atoms with van der Waals surface area (Å²) in [5, 5.41) is 9.55. The number of fused-ring (bicyclic) bond motifs is 1. The Morgan fingerprint density at radius 2 is 2.00 bits per heavy atom. The van der Waals surface area contributed by atoms with Crippen molar-refractivity contribution in [3.05, 3.63) is 65.2 Å². The number of aromatic nitrogens is 1. The quantitative estimate of drug-likeness (QED) is 0.519. The fourth-order valence-corrected chi connectivity index (χ4v) is 2.89. The van der Waals surface area contributed by atoms with E-state index in [0.717, 1.165) is 22.9 Å². The van der Waals surface area contributed by atoms with E-state index in [2.05, 4.69) is 11.9 Å². The summed E-state index contributed by atoms with van der Waals surface area (Å²) in [7, 11) is 0.685. The number of hydrogen-bond acceptors (Lipinski definition) is 5. The molecule has 0 unspecified atom stereocenters. The summed E-state index contributed by atoms with van der Waals surface area (Å²) >= 11 is 0. The van der Waals surface area contributed by atoms with Gasteiger partial charge in [-0.25, -0.2) is 4.98 Å². The van der Waals surface area contributed by atoms with Crippen molar-refractivity contribution in [3.8, 4) is 11.6 Å². The molecule has 3 rings (SSSR count). The maximum Gasteiger partial charge on any atom is 0.485 e. The van der Waals surface area contributed by atoms with Gasteiger partial charge < -0.3 is 14.4 Å². The van der Waals surface area contributed by atoms with Crippen molar-refractivity contribution < 1.29 is 19.2 Å². The van der Waals surface area contributed by atoms with Crippen LogP contribution >= 0.6 is 0 Å². The molecule has 0 fully saturated rings. The Balaban J connectivity index is 1.90. The first-order valence-corrected chi connectivity index (χ1v) is 8.40. The zero-order valence-electron chi connectivity index (χ0n) is 14.7. The van der Waals surface area contributed by atoms with Crippen LogP contribution < -0.4 is 4.74 Å². The monoisotopic (exact) mass is 348 g/mol. The standard InChI is InChI=1S/C20H19BNO4/c1-3-14-7-8-16(11-15(14)12-25-21-24)26-20-10-9-18-17(13(2)23)5-4-6-19(18)22-20/h4-11,24H,3,12H2,1-2H3. The zero-order chi connectivity index (χ0) is 18.5. The predicted molar refractivity (Wildman–Crippen MR) is 100 cm³/mol. The van der Waals surface area contributed by atoms with Crippen LogP contribution in [0.2, 0.25) is 0 Å². The topological polar surface area (TPSA) is 68.7 Å². The van der Waals surface area contributed by atoms with Crippen molar-refractivity contribution in [1.29, 1.82) is 0 Å². The maximum atomic E-state index is 11.7. The van der Waals surface area contributed by atoms with Gasteiger partial charge in [0, 0.05) is 17.0 Å². The lowest BCUT2D eigenvalue weighted by molar-refractivity contribution is 0.101. The number of aryl methyl sites for hydroxylation is 1. The van der Waals surface area contributed by atoms with Gasteiger partial charge >= 0.3 is 7.69 Å². The number of carbonyl (C=O) groups is 1. The Morgan fingerprint density at radius 3 is 2.73 bits per heavy atom. The third-order valence-corrected chi connectivity index (χ3v) is 4.18. The molecule has 3 aromatic rings. The van der Waals surface area contributed by atoms with Crippen LogP contribution in [0.3, 0.4) is 0 Å². The lowest BCUT2D eigenvalue weighted by atomic mass is 10.1. The van der Waals surface area contributed by atoms with Gasteiger partial charge in [0.15, 0.2) is 5.78 Å². The number of Topliss-reactive ketones (excluding diaryl/α,β-unsaturated/α-hetero) is 1. The first-order valence-electron chi connectivity index (χ1n) is 8.40. The highest BCUT2D eigenvalue weighted by Crippen LogP contribution is 2.26. The summed E-state index contributed by atoms with van der Waals surface area (Å²) in [5.41, 5.74) is 3.42. The van der Waals surface area contributed by atoms with Gasteiger partial charge in [-0.05, 0) is 48.7 Å². The van der Waals surface area contributed by atoms with Crippen molar-refractivity contribution in [1.82, 2.24) is 4.98 Å². The summed E-state index contributed by atoms with van der Waals surface area (Å²) in [6, 6.07) is 14.8. The number of benzene rings is 2. The van der Waals surface area contributed by atoms with E-state index in [1.54, 1.807) is 19.1 Å². The van der Waals surface area contributed by atoms with Gasteiger partial charge in [0.05, 0.1) is 12.1 Å². The second-order valence-corrected chi connectivity index (χ2v) is 5.88. The van der Waals surface area contributed by atoms with E-state index in [9.17, 15) is 4.79 Å². The Morgan fingerprint density at radius 1 is 1.15 bits per heavy atom.